The van der Waals surface area contributed by atoms with Crippen LogP contribution in [0.4, 0.5) is 0 Å². The Labute approximate surface area is 121 Å². The molecule has 0 atom stereocenters. The molecule has 0 saturated carbocycles. The average molecular weight is 272 g/mol. The zero-order chi connectivity index (χ0) is 14.7. The molecule has 108 valence electrons. The van der Waals surface area contributed by atoms with Crippen LogP contribution in [0.25, 0.3) is 5.69 Å². The van der Waals surface area contributed by atoms with Crippen LogP contribution >= 0.6 is 0 Å². The summed E-state index contributed by atoms with van der Waals surface area (Å²) in [7, 11) is 0. The lowest BCUT2D eigenvalue weighted by molar-refractivity contribution is 0.438. The molecule has 0 unspecified atom stereocenters. The highest BCUT2D eigenvalue weighted by Crippen LogP contribution is 2.27. The monoisotopic (exact) mass is 272 g/mol. The van der Waals surface area contributed by atoms with Gasteiger partial charge in [-0.05, 0) is 43.4 Å². The molecule has 0 bridgehead atoms. The Hall–Kier alpha value is -1.77. The molecule has 0 spiro atoms. The fraction of sp³-hybridized carbons (Fsp3) is 0.471. The molecule has 0 radical (unpaired) electrons. The summed E-state index contributed by atoms with van der Waals surface area (Å²) in [6.07, 6.45) is 2.85. The van der Waals surface area contributed by atoms with Gasteiger partial charge >= 0.3 is 0 Å². The van der Waals surface area contributed by atoms with Crippen molar-refractivity contribution in [1.29, 1.82) is 0 Å². The molecule has 0 aliphatic carbocycles. The molecule has 1 aromatic heterocycles. The molecule has 2 rings (SSSR count). The highest BCUT2D eigenvalue weighted by atomic mass is 16.3. The largest absolute Gasteiger partial charge is 0.492 e. The predicted octanol–water partition coefficient (Wildman–Crippen LogP) is 4.04. The van der Waals surface area contributed by atoms with E-state index in [2.05, 4.69) is 44.9 Å². The van der Waals surface area contributed by atoms with Gasteiger partial charge in [-0.3, -0.25) is 0 Å². The van der Waals surface area contributed by atoms with E-state index in [9.17, 15) is 5.11 Å². The van der Waals surface area contributed by atoms with Crippen molar-refractivity contribution in [2.45, 2.75) is 47.0 Å². The van der Waals surface area contributed by atoms with Gasteiger partial charge in [0.25, 0.3) is 0 Å². The third kappa shape index (κ3) is 3.03. The van der Waals surface area contributed by atoms with Crippen LogP contribution in [-0.4, -0.2) is 14.9 Å². The maximum absolute atomic E-state index is 10.2. The number of hydrogen-bond acceptors (Lipinski definition) is 2. The smallest absolute Gasteiger partial charge is 0.234 e. The van der Waals surface area contributed by atoms with Crippen molar-refractivity contribution in [3.05, 3.63) is 41.1 Å². The van der Waals surface area contributed by atoms with Crippen molar-refractivity contribution in [3.8, 4) is 11.6 Å². The molecular formula is C17H24N2O. The molecule has 0 aliphatic heterocycles. The maximum Gasteiger partial charge on any atom is 0.234 e. The second-order valence-corrected chi connectivity index (χ2v) is 5.85. The van der Waals surface area contributed by atoms with Gasteiger partial charge in [0.15, 0.2) is 0 Å². The quantitative estimate of drug-likeness (QED) is 0.892. The number of aromatic hydroxyl groups is 1. The van der Waals surface area contributed by atoms with Crippen molar-refractivity contribution >= 4 is 0 Å². The number of benzene rings is 1. The van der Waals surface area contributed by atoms with Crippen LogP contribution in [0, 0.1) is 12.8 Å². The Morgan fingerprint density at radius 2 is 2.05 bits per heavy atom. The van der Waals surface area contributed by atoms with Gasteiger partial charge in [-0.25, -0.2) is 4.68 Å². The minimum atomic E-state index is 0.184. The maximum atomic E-state index is 10.2. The second-order valence-electron chi connectivity index (χ2n) is 5.85. The third-order valence-corrected chi connectivity index (χ3v) is 3.41. The van der Waals surface area contributed by atoms with Crippen LogP contribution in [-0.2, 0) is 12.8 Å². The Morgan fingerprint density at radius 1 is 1.30 bits per heavy atom. The summed E-state index contributed by atoms with van der Waals surface area (Å²) in [5.74, 6) is 0.690. The van der Waals surface area contributed by atoms with Crippen LogP contribution in [0.1, 0.15) is 44.0 Å². The average Bonchev–Trinajstić information content (AvgIpc) is 2.68. The number of aryl methyl sites for hydroxylation is 1. The molecule has 0 amide bonds. The Kier molecular flexibility index (Phi) is 4.48. The van der Waals surface area contributed by atoms with Crippen LogP contribution in [0.5, 0.6) is 5.88 Å². The molecule has 0 fully saturated rings. The fourth-order valence-corrected chi connectivity index (χ4v) is 2.56. The topological polar surface area (TPSA) is 38.1 Å². The number of hydrogen-bond donors (Lipinski definition) is 1. The summed E-state index contributed by atoms with van der Waals surface area (Å²) in [5.41, 5.74) is 4.37. The molecule has 0 aliphatic rings. The molecule has 1 aromatic carbocycles. The van der Waals surface area contributed by atoms with E-state index in [1.54, 1.807) is 0 Å². The van der Waals surface area contributed by atoms with Gasteiger partial charge in [0.1, 0.15) is 0 Å². The molecule has 1 N–H and O–H groups in total. The van der Waals surface area contributed by atoms with E-state index in [0.717, 1.165) is 36.2 Å². The lowest BCUT2D eigenvalue weighted by Gasteiger charge is -2.10. The zero-order valence-electron chi connectivity index (χ0n) is 12.8. The van der Waals surface area contributed by atoms with Crippen LogP contribution in [0.2, 0.25) is 0 Å². The molecule has 20 heavy (non-hydrogen) atoms. The normalized spacial score (nSPS) is 11.2. The Morgan fingerprint density at radius 3 is 2.65 bits per heavy atom. The van der Waals surface area contributed by atoms with Gasteiger partial charge < -0.3 is 5.11 Å². The van der Waals surface area contributed by atoms with Crippen LogP contribution in [0.3, 0.4) is 0 Å². The van der Waals surface area contributed by atoms with E-state index >= 15 is 0 Å². The standard InChI is InChI=1S/C17H24N2O/c1-5-7-16-15(10-12(2)3)17(20)18-19(16)14-9-6-8-13(4)11-14/h6,8-9,11-12H,5,7,10H2,1-4H3,(H,18,20). The first-order valence-electron chi connectivity index (χ1n) is 7.39. The molecule has 2 aromatic rings. The van der Waals surface area contributed by atoms with Gasteiger partial charge in [-0.1, -0.05) is 39.3 Å². The summed E-state index contributed by atoms with van der Waals surface area (Å²) in [4.78, 5) is 0. The zero-order valence-corrected chi connectivity index (χ0v) is 12.8. The van der Waals surface area contributed by atoms with Gasteiger partial charge in [0.05, 0.1) is 11.4 Å². The highest BCUT2D eigenvalue weighted by Gasteiger charge is 2.18. The fourth-order valence-electron chi connectivity index (χ4n) is 2.56. The minimum Gasteiger partial charge on any atom is -0.492 e. The summed E-state index contributed by atoms with van der Waals surface area (Å²) >= 11 is 0. The lowest BCUT2D eigenvalue weighted by Crippen LogP contribution is -2.05. The number of nitrogens with zero attached hydrogens (tertiary/aromatic N) is 2. The van der Waals surface area contributed by atoms with Gasteiger partial charge in [-0.15, -0.1) is 5.10 Å². The summed E-state index contributed by atoms with van der Waals surface area (Å²) in [5, 5.41) is 14.6. The SMILES string of the molecule is CCCc1c(CC(C)C)c(O)nn1-c1cccc(C)c1. The Bertz CT molecular complexity index is 585. The highest BCUT2D eigenvalue weighted by molar-refractivity contribution is 5.41. The first-order chi connectivity index (χ1) is 9.52. The Balaban J connectivity index is 2.52. The first kappa shape index (κ1) is 14.6. The third-order valence-electron chi connectivity index (χ3n) is 3.41. The van der Waals surface area contributed by atoms with E-state index in [0.29, 0.717) is 5.92 Å². The second kappa shape index (κ2) is 6.12. The predicted molar refractivity (Wildman–Crippen MR) is 82.5 cm³/mol. The van der Waals surface area contributed by atoms with Crippen molar-refractivity contribution in [2.75, 3.05) is 0 Å². The van der Waals surface area contributed by atoms with Gasteiger partial charge in [-0.2, -0.15) is 0 Å². The summed E-state index contributed by atoms with van der Waals surface area (Å²) in [6, 6.07) is 8.24. The van der Waals surface area contributed by atoms with E-state index in [4.69, 9.17) is 0 Å². The van der Waals surface area contributed by atoms with Crippen molar-refractivity contribution in [1.82, 2.24) is 9.78 Å². The van der Waals surface area contributed by atoms with E-state index in [1.165, 1.54) is 5.56 Å². The van der Waals surface area contributed by atoms with E-state index in [1.807, 2.05) is 16.8 Å². The van der Waals surface area contributed by atoms with Crippen molar-refractivity contribution < 1.29 is 5.11 Å². The minimum absolute atomic E-state index is 0.184. The summed E-state index contributed by atoms with van der Waals surface area (Å²) < 4.78 is 1.91. The van der Waals surface area contributed by atoms with E-state index in [-0.39, 0.29) is 5.88 Å². The molecule has 3 heteroatoms. The van der Waals surface area contributed by atoms with Crippen LogP contribution in [0.15, 0.2) is 24.3 Å². The molecule has 3 nitrogen and oxygen atoms in total. The van der Waals surface area contributed by atoms with Crippen molar-refractivity contribution in [2.24, 2.45) is 5.92 Å². The van der Waals surface area contributed by atoms with Crippen LogP contribution < -0.4 is 0 Å². The van der Waals surface area contributed by atoms with Gasteiger partial charge in [0.2, 0.25) is 5.88 Å². The summed E-state index contributed by atoms with van der Waals surface area (Å²) in [6.45, 7) is 8.56. The molecule has 1 heterocycles. The van der Waals surface area contributed by atoms with E-state index < -0.39 is 0 Å². The lowest BCUT2D eigenvalue weighted by atomic mass is 10.0. The molecule has 0 saturated heterocycles. The van der Waals surface area contributed by atoms with Gasteiger partial charge in [0, 0.05) is 5.56 Å². The molecular weight excluding hydrogens is 248 g/mol. The first-order valence-corrected chi connectivity index (χ1v) is 7.39. The number of rotatable bonds is 5. The number of aromatic nitrogens is 2. The van der Waals surface area contributed by atoms with Crippen molar-refractivity contribution in [3.63, 3.8) is 0 Å².